The SMILES string of the molecule is COC[C@H]1CC(C(=O)NCc2nccnc2Cl)CN1. The quantitative estimate of drug-likeness (QED) is 0.817. The van der Waals surface area contributed by atoms with Crippen LogP contribution in [-0.4, -0.2) is 42.2 Å². The number of nitrogens with one attached hydrogen (secondary N) is 2. The molecule has 1 aromatic heterocycles. The zero-order chi connectivity index (χ0) is 13.7. The molecule has 0 saturated carbocycles. The number of hydrogen-bond acceptors (Lipinski definition) is 5. The molecule has 2 atom stereocenters. The normalized spacial score (nSPS) is 22.4. The van der Waals surface area contributed by atoms with Crippen LogP contribution in [0.2, 0.25) is 5.15 Å². The largest absolute Gasteiger partial charge is 0.383 e. The molecule has 1 saturated heterocycles. The minimum Gasteiger partial charge on any atom is -0.383 e. The van der Waals surface area contributed by atoms with Crippen molar-refractivity contribution in [2.24, 2.45) is 5.92 Å². The zero-order valence-corrected chi connectivity index (χ0v) is 11.5. The highest BCUT2D eigenvalue weighted by atomic mass is 35.5. The third kappa shape index (κ3) is 3.86. The molecule has 2 rings (SSSR count). The molecule has 7 heteroatoms. The highest BCUT2D eigenvalue weighted by Gasteiger charge is 2.29. The zero-order valence-electron chi connectivity index (χ0n) is 10.7. The van der Waals surface area contributed by atoms with Gasteiger partial charge in [-0.05, 0) is 6.42 Å². The number of aromatic nitrogens is 2. The first kappa shape index (κ1) is 14.2. The van der Waals surface area contributed by atoms with Gasteiger partial charge in [-0.25, -0.2) is 4.98 Å². The summed E-state index contributed by atoms with van der Waals surface area (Å²) in [7, 11) is 1.66. The number of halogens is 1. The van der Waals surface area contributed by atoms with Crippen molar-refractivity contribution < 1.29 is 9.53 Å². The smallest absolute Gasteiger partial charge is 0.224 e. The molecule has 0 aliphatic carbocycles. The number of amides is 1. The summed E-state index contributed by atoms with van der Waals surface area (Å²) < 4.78 is 5.07. The Morgan fingerprint density at radius 3 is 3.11 bits per heavy atom. The van der Waals surface area contributed by atoms with E-state index in [4.69, 9.17) is 16.3 Å². The first-order valence-electron chi connectivity index (χ1n) is 6.16. The average molecular weight is 285 g/mol. The van der Waals surface area contributed by atoms with Crippen molar-refractivity contribution in [1.29, 1.82) is 0 Å². The van der Waals surface area contributed by atoms with Gasteiger partial charge in [0.2, 0.25) is 5.91 Å². The van der Waals surface area contributed by atoms with E-state index in [1.54, 1.807) is 13.3 Å². The maximum absolute atomic E-state index is 12.0. The van der Waals surface area contributed by atoms with Crippen molar-refractivity contribution in [1.82, 2.24) is 20.6 Å². The summed E-state index contributed by atoms with van der Waals surface area (Å²) in [6.07, 6.45) is 3.86. The van der Waals surface area contributed by atoms with Crippen LogP contribution in [0.4, 0.5) is 0 Å². The number of carbonyl (C=O) groups is 1. The van der Waals surface area contributed by atoms with Gasteiger partial charge in [0.1, 0.15) is 0 Å². The Bertz CT molecular complexity index is 443. The molecule has 1 aliphatic rings. The van der Waals surface area contributed by atoms with Gasteiger partial charge in [-0.2, -0.15) is 0 Å². The molecule has 1 aromatic rings. The van der Waals surface area contributed by atoms with Gasteiger partial charge < -0.3 is 15.4 Å². The molecule has 2 N–H and O–H groups in total. The maximum atomic E-state index is 12.0. The number of rotatable bonds is 5. The number of hydrogen-bond donors (Lipinski definition) is 2. The standard InChI is InChI=1S/C12H17ClN4O2/c1-19-7-9-4-8(5-16-9)12(18)17-6-10-11(13)15-3-2-14-10/h2-3,8-9,16H,4-7H2,1H3,(H,17,18)/t8?,9-/m1/s1. The van der Waals surface area contributed by atoms with E-state index in [1.165, 1.54) is 6.20 Å². The Balaban J connectivity index is 1.81. The second-order valence-corrected chi connectivity index (χ2v) is 4.86. The summed E-state index contributed by atoms with van der Waals surface area (Å²) in [5.41, 5.74) is 0.580. The molecule has 1 unspecified atom stereocenters. The number of methoxy groups -OCH3 is 1. The second kappa shape index (κ2) is 6.79. The lowest BCUT2D eigenvalue weighted by Gasteiger charge is -2.10. The van der Waals surface area contributed by atoms with Crippen LogP contribution in [0.1, 0.15) is 12.1 Å². The highest BCUT2D eigenvalue weighted by molar-refractivity contribution is 6.29. The highest BCUT2D eigenvalue weighted by Crippen LogP contribution is 2.15. The molecule has 1 amide bonds. The Hall–Kier alpha value is -1.24. The van der Waals surface area contributed by atoms with Crippen molar-refractivity contribution >= 4 is 17.5 Å². The lowest BCUT2D eigenvalue weighted by atomic mass is 10.1. The second-order valence-electron chi connectivity index (χ2n) is 4.50. The third-order valence-corrected chi connectivity index (χ3v) is 3.43. The van der Waals surface area contributed by atoms with Crippen molar-refractivity contribution in [3.8, 4) is 0 Å². The van der Waals surface area contributed by atoms with Gasteiger partial charge in [-0.3, -0.25) is 9.78 Å². The topological polar surface area (TPSA) is 76.1 Å². The van der Waals surface area contributed by atoms with Crippen LogP contribution in [0, 0.1) is 5.92 Å². The van der Waals surface area contributed by atoms with Crippen molar-refractivity contribution in [3.05, 3.63) is 23.2 Å². The number of nitrogens with zero attached hydrogens (tertiary/aromatic N) is 2. The first-order valence-corrected chi connectivity index (χ1v) is 6.54. The summed E-state index contributed by atoms with van der Waals surface area (Å²) in [5, 5.41) is 6.42. The Morgan fingerprint density at radius 2 is 2.37 bits per heavy atom. The minimum atomic E-state index is -0.0319. The van der Waals surface area contributed by atoms with Crippen LogP contribution in [-0.2, 0) is 16.1 Å². The summed E-state index contributed by atoms with van der Waals surface area (Å²) in [5.74, 6) is -0.0246. The Morgan fingerprint density at radius 1 is 1.58 bits per heavy atom. The van der Waals surface area contributed by atoms with Gasteiger partial charge in [0, 0.05) is 32.1 Å². The number of ether oxygens (including phenoxy) is 1. The van der Waals surface area contributed by atoms with Crippen molar-refractivity contribution in [2.75, 3.05) is 20.3 Å². The molecule has 0 spiro atoms. The van der Waals surface area contributed by atoms with E-state index in [-0.39, 0.29) is 17.9 Å². The molecule has 1 aliphatic heterocycles. The molecule has 0 bridgehead atoms. The van der Waals surface area contributed by atoms with E-state index >= 15 is 0 Å². The minimum absolute atomic E-state index is 0.00724. The summed E-state index contributed by atoms with van der Waals surface area (Å²) in [6.45, 7) is 1.60. The Kier molecular flexibility index (Phi) is 5.07. The predicted molar refractivity (Wildman–Crippen MR) is 70.7 cm³/mol. The van der Waals surface area contributed by atoms with Crippen LogP contribution in [0.3, 0.4) is 0 Å². The van der Waals surface area contributed by atoms with Crippen LogP contribution < -0.4 is 10.6 Å². The molecular weight excluding hydrogens is 268 g/mol. The van der Waals surface area contributed by atoms with E-state index in [0.717, 1.165) is 6.42 Å². The van der Waals surface area contributed by atoms with Gasteiger partial charge in [-0.1, -0.05) is 11.6 Å². The van der Waals surface area contributed by atoms with Crippen LogP contribution >= 0.6 is 11.6 Å². The molecule has 2 heterocycles. The average Bonchev–Trinajstić information content (AvgIpc) is 2.87. The molecular formula is C12H17ClN4O2. The van der Waals surface area contributed by atoms with E-state index in [0.29, 0.717) is 30.5 Å². The van der Waals surface area contributed by atoms with Crippen molar-refractivity contribution in [3.63, 3.8) is 0 Å². The molecule has 1 fully saturated rings. The summed E-state index contributed by atoms with van der Waals surface area (Å²) >= 11 is 5.88. The van der Waals surface area contributed by atoms with Gasteiger partial charge >= 0.3 is 0 Å². The first-order chi connectivity index (χ1) is 9.20. The maximum Gasteiger partial charge on any atom is 0.224 e. The van der Waals surface area contributed by atoms with Gasteiger partial charge in [0.15, 0.2) is 5.15 Å². The fraction of sp³-hybridized carbons (Fsp3) is 0.583. The van der Waals surface area contributed by atoms with E-state index in [9.17, 15) is 4.79 Å². The fourth-order valence-electron chi connectivity index (χ4n) is 2.13. The molecule has 0 radical (unpaired) electrons. The summed E-state index contributed by atoms with van der Waals surface area (Å²) in [4.78, 5) is 20.0. The van der Waals surface area contributed by atoms with Gasteiger partial charge in [0.25, 0.3) is 0 Å². The van der Waals surface area contributed by atoms with E-state index < -0.39 is 0 Å². The number of carbonyl (C=O) groups excluding carboxylic acids is 1. The summed E-state index contributed by atoms with van der Waals surface area (Å²) in [6, 6.07) is 0.251. The van der Waals surface area contributed by atoms with Crippen LogP contribution in [0.15, 0.2) is 12.4 Å². The van der Waals surface area contributed by atoms with Crippen LogP contribution in [0.25, 0.3) is 0 Å². The van der Waals surface area contributed by atoms with Gasteiger partial charge in [-0.15, -0.1) is 0 Å². The monoisotopic (exact) mass is 284 g/mol. The fourth-order valence-corrected chi connectivity index (χ4v) is 2.30. The van der Waals surface area contributed by atoms with E-state index in [1.807, 2.05) is 0 Å². The molecule has 104 valence electrons. The molecule has 6 nitrogen and oxygen atoms in total. The van der Waals surface area contributed by atoms with Crippen LogP contribution in [0.5, 0.6) is 0 Å². The lowest BCUT2D eigenvalue weighted by molar-refractivity contribution is -0.124. The Labute approximate surface area is 116 Å². The van der Waals surface area contributed by atoms with E-state index in [2.05, 4.69) is 20.6 Å². The molecule has 0 aromatic carbocycles. The predicted octanol–water partition coefficient (Wildman–Crippen LogP) is 0.371. The molecule has 19 heavy (non-hydrogen) atoms. The third-order valence-electron chi connectivity index (χ3n) is 3.11. The lowest BCUT2D eigenvalue weighted by Crippen LogP contribution is -2.31. The van der Waals surface area contributed by atoms with Crippen molar-refractivity contribution in [2.45, 2.75) is 19.0 Å². The van der Waals surface area contributed by atoms with Gasteiger partial charge in [0.05, 0.1) is 24.8 Å².